The lowest BCUT2D eigenvalue weighted by Crippen LogP contribution is -2.47. The molecular weight excluding hydrogens is 228 g/mol. The van der Waals surface area contributed by atoms with Gasteiger partial charge in [0, 0.05) is 13.1 Å². The minimum Gasteiger partial charge on any atom is -0.366 e. The van der Waals surface area contributed by atoms with Gasteiger partial charge >= 0.3 is 0 Å². The quantitative estimate of drug-likeness (QED) is 0.744. The maximum absolute atomic E-state index is 11.7. The zero-order chi connectivity index (χ0) is 11.4. The molecule has 0 saturated carbocycles. The smallest absolute Gasteiger partial charge is 0.250 e. The number of carbonyl (C=O) groups is 1. The first-order valence-electron chi connectivity index (χ1n) is 5.15. The third-order valence-corrected chi connectivity index (χ3v) is 3.21. The molecule has 1 aromatic heterocycles. The zero-order valence-corrected chi connectivity index (χ0v) is 9.84. The lowest BCUT2D eigenvalue weighted by Gasteiger charge is -2.22. The Balaban J connectivity index is 1.81. The van der Waals surface area contributed by atoms with Gasteiger partial charge in [0.1, 0.15) is 6.10 Å². The largest absolute Gasteiger partial charge is 0.366 e. The second-order valence-corrected chi connectivity index (χ2v) is 4.40. The maximum Gasteiger partial charge on any atom is 0.250 e. The van der Waals surface area contributed by atoms with E-state index in [0.29, 0.717) is 19.7 Å². The van der Waals surface area contributed by atoms with Crippen LogP contribution in [-0.4, -0.2) is 41.3 Å². The first-order valence-corrected chi connectivity index (χ1v) is 5.92. The van der Waals surface area contributed by atoms with Crippen LogP contribution in [0.1, 0.15) is 10.6 Å². The molecular formula is C9H14N4O2S. The molecule has 2 rings (SSSR count). The lowest BCUT2D eigenvalue weighted by atomic mass is 10.3. The fourth-order valence-electron chi connectivity index (χ4n) is 1.43. The van der Waals surface area contributed by atoms with Gasteiger partial charge in [-0.25, -0.2) is 0 Å². The molecule has 2 N–H and O–H groups in total. The van der Waals surface area contributed by atoms with Crippen LogP contribution >= 0.6 is 11.5 Å². The number of nitrogens with zero attached hydrogens (tertiary/aromatic N) is 2. The molecule has 7 heteroatoms. The molecule has 88 valence electrons. The highest BCUT2D eigenvalue weighted by Crippen LogP contribution is 2.08. The number of morpholine rings is 1. The Morgan fingerprint density at radius 3 is 3.25 bits per heavy atom. The summed E-state index contributed by atoms with van der Waals surface area (Å²) in [5.74, 6) is -0.0833. The Kier molecular flexibility index (Phi) is 3.81. The number of ether oxygens (including phenoxy) is 1. The predicted molar refractivity (Wildman–Crippen MR) is 59.1 cm³/mol. The van der Waals surface area contributed by atoms with Crippen molar-refractivity contribution in [2.24, 2.45) is 0 Å². The molecule has 1 atom stereocenters. The van der Waals surface area contributed by atoms with Crippen LogP contribution in [0.25, 0.3) is 0 Å². The molecule has 0 unspecified atom stereocenters. The number of aromatic nitrogens is 2. The number of carbonyl (C=O) groups excluding carboxylic acids is 1. The molecule has 0 spiro atoms. The van der Waals surface area contributed by atoms with Gasteiger partial charge in [-0.1, -0.05) is 4.49 Å². The predicted octanol–water partition coefficient (Wildman–Crippen LogP) is -0.549. The van der Waals surface area contributed by atoms with Crippen LogP contribution in [0.4, 0.5) is 0 Å². The van der Waals surface area contributed by atoms with Crippen molar-refractivity contribution in [1.29, 1.82) is 0 Å². The van der Waals surface area contributed by atoms with Gasteiger partial charge in [0.15, 0.2) is 0 Å². The van der Waals surface area contributed by atoms with Gasteiger partial charge in [0.05, 0.1) is 23.7 Å². The van der Waals surface area contributed by atoms with E-state index in [0.717, 1.165) is 17.1 Å². The van der Waals surface area contributed by atoms with E-state index in [1.54, 1.807) is 0 Å². The number of nitrogens with one attached hydrogen (secondary N) is 2. The standard InChI is InChI=1S/C9H14N4O2S/c1-6-8(16-13-12-6)5-11-9(14)7-4-10-2-3-15-7/h7,10H,2-5H2,1H3,(H,11,14)/t7-/m0/s1. The molecule has 6 nitrogen and oxygen atoms in total. The Hall–Kier alpha value is -1.05. The Labute approximate surface area is 97.5 Å². The highest BCUT2D eigenvalue weighted by atomic mass is 32.1. The van der Waals surface area contributed by atoms with E-state index >= 15 is 0 Å². The summed E-state index contributed by atoms with van der Waals surface area (Å²) in [4.78, 5) is 12.7. The summed E-state index contributed by atoms with van der Waals surface area (Å²) in [7, 11) is 0. The molecule has 16 heavy (non-hydrogen) atoms. The SMILES string of the molecule is Cc1nnsc1CNC(=O)[C@@H]1CNCCO1. The van der Waals surface area contributed by atoms with E-state index < -0.39 is 0 Å². The van der Waals surface area contributed by atoms with Crippen molar-refractivity contribution in [2.45, 2.75) is 19.6 Å². The molecule has 0 aromatic carbocycles. The van der Waals surface area contributed by atoms with E-state index in [1.165, 1.54) is 11.5 Å². The van der Waals surface area contributed by atoms with Gasteiger partial charge in [-0.15, -0.1) is 5.10 Å². The van der Waals surface area contributed by atoms with Crippen molar-refractivity contribution in [3.05, 3.63) is 10.6 Å². The van der Waals surface area contributed by atoms with E-state index in [9.17, 15) is 4.79 Å². The topological polar surface area (TPSA) is 76.1 Å². The maximum atomic E-state index is 11.7. The molecule has 1 aliphatic rings. The summed E-state index contributed by atoms with van der Waals surface area (Å²) in [6.07, 6.45) is -0.380. The number of hydrogen-bond acceptors (Lipinski definition) is 6. The van der Waals surface area contributed by atoms with Crippen LogP contribution in [0.3, 0.4) is 0 Å². The van der Waals surface area contributed by atoms with Crippen molar-refractivity contribution in [1.82, 2.24) is 20.2 Å². The number of amides is 1. The van der Waals surface area contributed by atoms with Crippen LogP contribution < -0.4 is 10.6 Å². The average molecular weight is 242 g/mol. The van der Waals surface area contributed by atoms with Crippen LogP contribution in [0.2, 0.25) is 0 Å². The second-order valence-electron chi connectivity index (χ2n) is 3.56. The Bertz CT molecular complexity index is 362. The summed E-state index contributed by atoms with van der Waals surface area (Å²) in [5, 5.41) is 9.82. The van der Waals surface area contributed by atoms with E-state index in [-0.39, 0.29) is 12.0 Å². The van der Waals surface area contributed by atoms with Crippen LogP contribution in [0, 0.1) is 6.92 Å². The van der Waals surface area contributed by atoms with Crippen molar-refractivity contribution in [2.75, 3.05) is 19.7 Å². The van der Waals surface area contributed by atoms with Crippen molar-refractivity contribution in [3.8, 4) is 0 Å². The van der Waals surface area contributed by atoms with E-state index in [2.05, 4.69) is 20.2 Å². The Morgan fingerprint density at radius 2 is 2.62 bits per heavy atom. The molecule has 1 amide bonds. The third kappa shape index (κ3) is 2.75. The summed E-state index contributed by atoms with van der Waals surface area (Å²) >= 11 is 1.31. The lowest BCUT2D eigenvalue weighted by molar-refractivity contribution is -0.134. The van der Waals surface area contributed by atoms with Crippen LogP contribution in [0.5, 0.6) is 0 Å². The molecule has 1 saturated heterocycles. The highest BCUT2D eigenvalue weighted by molar-refractivity contribution is 7.05. The first-order chi connectivity index (χ1) is 7.77. The fraction of sp³-hybridized carbons (Fsp3) is 0.667. The van der Waals surface area contributed by atoms with Gasteiger partial charge < -0.3 is 15.4 Å². The number of aryl methyl sites for hydroxylation is 1. The second kappa shape index (κ2) is 5.33. The molecule has 1 aliphatic heterocycles. The molecule has 0 bridgehead atoms. The average Bonchev–Trinajstić information content (AvgIpc) is 2.73. The number of hydrogen-bond donors (Lipinski definition) is 2. The van der Waals surface area contributed by atoms with Crippen LogP contribution in [-0.2, 0) is 16.1 Å². The summed E-state index contributed by atoms with van der Waals surface area (Å²) in [6.45, 7) is 4.32. The first kappa shape index (κ1) is 11.4. The minimum atomic E-state index is -0.380. The van der Waals surface area contributed by atoms with Gasteiger partial charge in [-0.05, 0) is 18.5 Å². The van der Waals surface area contributed by atoms with Gasteiger partial charge in [-0.3, -0.25) is 4.79 Å². The van der Waals surface area contributed by atoms with Gasteiger partial charge in [-0.2, -0.15) is 0 Å². The normalized spacial score (nSPS) is 20.7. The van der Waals surface area contributed by atoms with Crippen molar-refractivity contribution in [3.63, 3.8) is 0 Å². The zero-order valence-electron chi connectivity index (χ0n) is 9.02. The summed E-state index contributed by atoms with van der Waals surface area (Å²) < 4.78 is 9.15. The van der Waals surface area contributed by atoms with E-state index in [4.69, 9.17) is 4.74 Å². The van der Waals surface area contributed by atoms with Gasteiger partial charge in [0.2, 0.25) is 0 Å². The van der Waals surface area contributed by atoms with Crippen molar-refractivity contribution < 1.29 is 9.53 Å². The van der Waals surface area contributed by atoms with E-state index in [1.807, 2.05) is 6.92 Å². The summed E-state index contributed by atoms with van der Waals surface area (Å²) in [5.41, 5.74) is 0.869. The minimum absolute atomic E-state index is 0.0833. The van der Waals surface area contributed by atoms with Crippen molar-refractivity contribution >= 4 is 17.4 Å². The molecule has 0 aliphatic carbocycles. The van der Waals surface area contributed by atoms with Gasteiger partial charge in [0.25, 0.3) is 5.91 Å². The molecule has 1 fully saturated rings. The molecule has 2 heterocycles. The fourth-order valence-corrected chi connectivity index (χ4v) is 2.00. The summed E-state index contributed by atoms with van der Waals surface area (Å²) in [6, 6.07) is 0. The highest BCUT2D eigenvalue weighted by Gasteiger charge is 2.21. The number of rotatable bonds is 3. The monoisotopic (exact) mass is 242 g/mol. The molecule has 0 radical (unpaired) electrons. The van der Waals surface area contributed by atoms with Crippen LogP contribution in [0.15, 0.2) is 0 Å². The third-order valence-electron chi connectivity index (χ3n) is 2.39. The molecule has 1 aromatic rings. The Morgan fingerprint density at radius 1 is 1.75 bits per heavy atom.